The summed E-state index contributed by atoms with van der Waals surface area (Å²) in [7, 11) is 2.18. The monoisotopic (exact) mass is 333 g/mol. The number of rotatable bonds is 10. The van der Waals surface area contributed by atoms with Crippen LogP contribution in [0.3, 0.4) is 0 Å². The number of aliphatic hydroxyl groups excluding tert-OH is 2. The maximum absolute atomic E-state index is 10.5. The van der Waals surface area contributed by atoms with Gasteiger partial charge in [-0.15, -0.1) is 0 Å². The smallest absolute Gasteiger partial charge is 0.0713 e. The number of hydrogen-bond acceptors (Lipinski definition) is 3. The number of unbranched alkanes of at least 4 members (excludes halogenated alkanes) is 4. The molecule has 0 radical (unpaired) electrons. The number of hydrogen-bond donors (Lipinski definition) is 2. The van der Waals surface area contributed by atoms with Crippen LogP contribution in [0.25, 0.3) is 0 Å². The molecule has 0 saturated carbocycles. The van der Waals surface area contributed by atoms with Gasteiger partial charge in [-0.3, -0.25) is 4.90 Å². The van der Waals surface area contributed by atoms with Gasteiger partial charge in [0.2, 0.25) is 0 Å². The lowest BCUT2D eigenvalue weighted by Gasteiger charge is -2.26. The number of benzene rings is 1. The summed E-state index contributed by atoms with van der Waals surface area (Å²) in [5.74, 6) is 0. The number of likely N-dealkylation sites (N-methyl/N-ethyl adjacent to an activating group) is 1. The van der Waals surface area contributed by atoms with Gasteiger partial charge in [-0.25, -0.2) is 0 Å². The molecular formula is C21H35NO2. The van der Waals surface area contributed by atoms with Crippen molar-refractivity contribution in [1.82, 2.24) is 4.90 Å². The summed E-state index contributed by atoms with van der Waals surface area (Å²) >= 11 is 0. The van der Waals surface area contributed by atoms with Gasteiger partial charge in [0.15, 0.2) is 0 Å². The lowest BCUT2D eigenvalue weighted by Crippen LogP contribution is -2.37. The zero-order valence-electron chi connectivity index (χ0n) is 15.4. The van der Waals surface area contributed by atoms with Gasteiger partial charge in [0.1, 0.15) is 0 Å². The van der Waals surface area contributed by atoms with Crippen LogP contribution < -0.4 is 0 Å². The molecule has 1 saturated heterocycles. The molecule has 136 valence electrons. The van der Waals surface area contributed by atoms with E-state index < -0.39 is 0 Å². The lowest BCUT2D eigenvalue weighted by molar-refractivity contribution is 0.123. The van der Waals surface area contributed by atoms with E-state index in [0.29, 0.717) is 6.04 Å². The Morgan fingerprint density at radius 2 is 1.75 bits per heavy atom. The van der Waals surface area contributed by atoms with Crippen LogP contribution in [-0.4, -0.2) is 46.5 Å². The molecule has 0 unspecified atom stereocenters. The molecule has 24 heavy (non-hydrogen) atoms. The number of nitrogens with zero attached hydrogens (tertiary/aromatic N) is 1. The van der Waals surface area contributed by atoms with E-state index in [2.05, 4.69) is 36.2 Å². The number of likely N-dealkylation sites (tertiary alicyclic amines) is 1. The third-order valence-corrected chi connectivity index (χ3v) is 5.50. The molecule has 1 aromatic rings. The van der Waals surface area contributed by atoms with Crippen LogP contribution in [0.2, 0.25) is 0 Å². The Labute approximate surface area is 147 Å². The second-order valence-electron chi connectivity index (χ2n) is 7.57. The van der Waals surface area contributed by atoms with E-state index in [1.165, 1.54) is 37.7 Å². The first-order valence-electron chi connectivity index (χ1n) is 9.70. The molecule has 0 spiro atoms. The van der Waals surface area contributed by atoms with Crippen molar-refractivity contribution in [3.05, 3.63) is 35.9 Å². The van der Waals surface area contributed by atoms with Crippen molar-refractivity contribution < 1.29 is 10.2 Å². The van der Waals surface area contributed by atoms with Crippen molar-refractivity contribution in [3.63, 3.8) is 0 Å². The van der Waals surface area contributed by atoms with E-state index in [1.807, 2.05) is 13.0 Å². The molecule has 0 aromatic heterocycles. The molecule has 0 amide bonds. The Kier molecular flexibility index (Phi) is 8.23. The highest BCUT2D eigenvalue weighted by Gasteiger charge is 2.37. The molecule has 1 aliphatic rings. The summed E-state index contributed by atoms with van der Waals surface area (Å²) in [4.78, 5) is 2.41. The minimum atomic E-state index is -0.203. The Balaban J connectivity index is 1.66. The molecule has 0 bridgehead atoms. The Bertz CT molecular complexity index is 448. The lowest BCUT2D eigenvalue weighted by atomic mass is 10.0. The zero-order valence-corrected chi connectivity index (χ0v) is 15.4. The van der Waals surface area contributed by atoms with Crippen molar-refractivity contribution in [2.24, 2.45) is 0 Å². The topological polar surface area (TPSA) is 43.7 Å². The van der Waals surface area contributed by atoms with E-state index in [0.717, 1.165) is 25.7 Å². The van der Waals surface area contributed by atoms with Crippen LogP contribution in [0.15, 0.2) is 30.3 Å². The predicted octanol–water partition coefficient (Wildman–Crippen LogP) is 3.77. The molecule has 2 rings (SSSR count). The van der Waals surface area contributed by atoms with E-state index in [4.69, 9.17) is 0 Å². The zero-order chi connectivity index (χ0) is 17.4. The average molecular weight is 334 g/mol. The molecule has 4 atom stereocenters. The molecule has 3 heteroatoms. The fraction of sp³-hybridized carbons (Fsp3) is 0.714. The maximum Gasteiger partial charge on any atom is 0.0713 e. The minimum absolute atomic E-state index is 0.153. The predicted molar refractivity (Wildman–Crippen MR) is 100 cm³/mol. The van der Waals surface area contributed by atoms with Crippen LogP contribution >= 0.6 is 0 Å². The first kappa shape index (κ1) is 19.4. The van der Waals surface area contributed by atoms with Crippen molar-refractivity contribution in [2.75, 3.05) is 7.05 Å². The Hall–Kier alpha value is -0.900. The third kappa shape index (κ3) is 6.19. The largest absolute Gasteiger partial charge is 0.393 e. The highest BCUT2D eigenvalue weighted by atomic mass is 16.3. The van der Waals surface area contributed by atoms with E-state index in [1.54, 1.807) is 0 Å². The normalized spacial score (nSPS) is 25.9. The van der Waals surface area contributed by atoms with Gasteiger partial charge in [0.25, 0.3) is 0 Å². The van der Waals surface area contributed by atoms with Crippen LogP contribution in [-0.2, 0) is 6.42 Å². The molecule has 2 N–H and O–H groups in total. The maximum atomic E-state index is 10.5. The number of aliphatic hydroxyl groups is 2. The summed E-state index contributed by atoms with van der Waals surface area (Å²) in [6.45, 7) is 1.87. The molecule has 3 nitrogen and oxygen atoms in total. The van der Waals surface area contributed by atoms with Gasteiger partial charge in [-0.1, -0.05) is 62.4 Å². The molecule has 0 aliphatic carbocycles. The Morgan fingerprint density at radius 1 is 1.08 bits per heavy atom. The fourth-order valence-corrected chi connectivity index (χ4v) is 3.95. The summed E-state index contributed by atoms with van der Waals surface area (Å²) in [6, 6.07) is 11.3. The summed E-state index contributed by atoms with van der Waals surface area (Å²) in [6.07, 6.45) is 9.76. The first-order valence-corrected chi connectivity index (χ1v) is 9.70. The third-order valence-electron chi connectivity index (χ3n) is 5.50. The van der Waals surface area contributed by atoms with Gasteiger partial charge < -0.3 is 10.2 Å². The highest BCUT2D eigenvalue weighted by molar-refractivity contribution is 5.17. The van der Waals surface area contributed by atoms with Crippen molar-refractivity contribution >= 4 is 0 Å². The minimum Gasteiger partial charge on any atom is -0.393 e. The van der Waals surface area contributed by atoms with Crippen LogP contribution in [0.5, 0.6) is 0 Å². The standard InChI is InChI=1S/C21H35NO2/c1-17(23)11-7-4-3-5-10-14-19-16-21(24)20(22(19)2)15-18-12-8-6-9-13-18/h6,8-9,12-13,17,19-21,23-24H,3-5,7,10-11,14-16H2,1-2H3/t17-,19-,20+,21+/m1/s1. The quantitative estimate of drug-likeness (QED) is 0.641. The summed E-state index contributed by atoms with van der Waals surface area (Å²) < 4.78 is 0. The van der Waals surface area contributed by atoms with Gasteiger partial charge in [-0.2, -0.15) is 0 Å². The van der Waals surface area contributed by atoms with Gasteiger partial charge in [-0.05, 0) is 45.2 Å². The summed E-state index contributed by atoms with van der Waals surface area (Å²) in [5.41, 5.74) is 1.31. The fourth-order valence-electron chi connectivity index (χ4n) is 3.95. The van der Waals surface area contributed by atoms with Crippen molar-refractivity contribution in [2.45, 2.75) is 89.0 Å². The highest BCUT2D eigenvalue weighted by Crippen LogP contribution is 2.29. The molecule has 1 heterocycles. The average Bonchev–Trinajstić information content (AvgIpc) is 2.82. The molecular weight excluding hydrogens is 298 g/mol. The molecule has 1 fully saturated rings. The molecule has 1 aliphatic heterocycles. The second kappa shape index (κ2) is 10.2. The Morgan fingerprint density at radius 3 is 2.46 bits per heavy atom. The van der Waals surface area contributed by atoms with E-state index >= 15 is 0 Å². The second-order valence-corrected chi connectivity index (χ2v) is 7.57. The summed E-state index contributed by atoms with van der Waals surface area (Å²) in [5, 5.41) is 19.7. The van der Waals surface area contributed by atoms with Crippen molar-refractivity contribution in [1.29, 1.82) is 0 Å². The SMILES string of the molecule is C[C@@H](O)CCCCCCC[C@@H]1C[C@H](O)[C@H](Cc2ccccc2)N1C. The van der Waals surface area contributed by atoms with Crippen molar-refractivity contribution in [3.8, 4) is 0 Å². The van der Waals surface area contributed by atoms with Crippen LogP contribution in [0.4, 0.5) is 0 Å². The van der Waals surface area contributed by atoms with Crippen LogP contribution in [0, 0.1) is 0 Å². The van der Waals surface area contributed by atoms with E-state index in [-0.39, 0.29) is 18.2 Å². The first-order chi connectivity index (χ1) is 11.6. The van der Waals surface area contributed by atoms with Gasteiger partial charge in [0, 0.05) is 12.1 Å². The van der Waals surface area contributed by atoms with Gasteiger partial charge in [0.05, 0.1) is 12.2 Å². The van der Waals surface area contributed by atoms with E-state index in [9.17, 15) is 10.2 Å². The molecule has 1 aromatic carbocycles. The van der Waals surface area contributed by atoms with Crippen LogP contribution in [0.1, 0.15) is 63.9 Å². The van der Waals surface area contributed by atoms with Gasteiger partial charge >= 0.3 is 0 Å².